The Labute approximate surface area is 86.0 Å². The summed E-state index contributed by atoms with van der Waals surface area (Å²) in [6.45, 7) is 4.24. The average Bonchev–Trinajstić information content (AvgIpc) is 2.26. The van der Waals surface area contributed by atoms with Gasteiger partial charge in [-0.2, -0.15) is 0 Å². The van der Waals surface area contributed by atoms with E-state index >= 15 is 0 Å². The first-order chi connectivity index (χ1) is 6.77. The van der Waals surface area contributed by atoms with Gasteiger partial charge in [0, 0.05) is 26.1 Å². The van der Waals surface area contributed by atoms with E-state index in [9.17, 15) is 4.79 Å². The Hall–Kier alpha value is -0.610. The fourth-order valence-electron chi connectivity index (χ4n) is 1.89. The molecule has 0 aliphatic carbocycles. The summed E-state index contributed by atoms with van der Waals surface area (Å²) >= 11 is 0. The molecule has 1 aliphatic rings. The monoisotopic (exact) mass is 199 g/mol. The van der Waals surface area contributed by atoms with E-state index in [2.05, 4.69) is 15.5 Å². The number of hydrogen-bond donors (Lipinski definition) is 2. The van der Waals surface area contributed by atoms with Gasteiger partial charge in [-0.15, -0.1) is 0 Å². The maximum Gasteiger partial charge on any atom is 0.222 e. The maximum atomic E-state index is 11.3. The van der Waals surface area contributed by atoms with Crippen LogP contribution in [0.3, 0.4) is 0 Å². The molecule has 1 fully saturated rings. The van der Waals surface area contributed by atoms with Gasteiger partial charge < -0.3 is 15.5 Å². The number of nitrogens with one attached hydrogen (secondary N) is 2. The number of likely N-dealkylation sites (tertiary alicyclic amines) is 1. The molecule has 4 nitrogen and oxygen atoms in total. The Kier molecular flexibility index (Phi) is 4.90. The molecule has 0 aromatic rings. The summed E-state index contributed by atoms with van der Waals surface area (Å²) < 4.78 is 0. The molecule has 0 saturated carbocycles. The van der Waals surface area contributed by atoms with Crippen LogP contribution in [0, 0.1) is 5.92 Å². The molecule has 1 aliphatic heterocycles. The Balaban J connectivity index is 2.20. The minimum atomic E-state index is 0.207. The number of amides is 1. The molecule has 0 bridgehead atoms. The lowest BCUT2D eigenvalue weighted by molar-refractivity contribution is -0.125. The molecule has 0 aromatic heterocycles. The van der Waals surface area contributed by atoms with Gasteiger partial charge in [0.1, 0.15) is 0 Å². The van der Waals surface area contributed by atoms with Gasteiger partial charge in [-0.1, -0.05) is 0 Å². The van der Waals surface area contributed by atoms with Gasteiger partial charge in [0.2, 0.25) is 5.91 Å². The van der Waals surface area contributed by atoms with Gasteiger partial charge in [0.15, 0.2) is 0 Å². The highest BCUT2D eigenvalue weighted by Gasteiger charge is 2.23. The summed E-state index contributed by atoms with van der Waals surface area (Å²) in [5.41, 5.74) is 0. The number of carbonyl (C=O) groups is 1. The Morgan fingerprint density at radius 1 is 1.36 bits per heavy atom. The van der Waals surface area contributed by atoms with Crippen molar-refractivity contribution in [3.05, 3.63) is 0 Å². The van der Waals surface area contributed by atoms with Crippen LogP contribution in [0.2, 0.25) is 0 Å². The molecule has 82 valence electrons. The lowest BCUT2D eigenvalue weighted by Gasteiger charge is -2.30. The zero-order valence-electron chi connectivity index (χ0n) is 9.18. The molecule has 1 saturated heterocycles. The number of rotatable bonds is 4. The minimum absolute atomic E-state index is 0.207. The van der Waals surface area contributed by atoms with Gasteiger partial charge in [-0.3, -0.25) is 4.79 Å². The van der Waals surface area contributed by atoms with E-state index in [1.54, 1.807) is 7.05 Å². The third-order valence-corrected chi connectivity index (χ3v) is 2.88. The summed E-state index contributed by atoms with van der Waals surface area (Å²) in [4.78, 5) is 13.8. The predicted octanol–water partition coefficient (Wildman–Crippen LogP) is -0.336. The number of likely N-dealkylation sites (N-methyl/N-ethyl adjacent to an activating group) is 1. The van der Waals surface area contributed by atoms with Crippen LogP contribution in [0.15, 0.2) is 0 Å². The summed E-state index contributed by atoms with van der Waals surface area (Å²) in [6.07, 6.45) is 2.01. The maximum absolute atomic E-state index is 11.3. The van der Waals surface area contributed by atoms with Gasteiger partial charge in [-0.05, 0) is 33.0 Å². The summed E-state index contributed by atoms with van der Waals surface area (Å²) in [5, 5.41) is 5.86. The van der Waals surface area contributed by atoms with E-state index in [-0.39, 0.29) is 11.8 Å². The third-order valence-electron chi connectivity index (χ3n) is 2.88. The lowest BCUT2D eigenvalue weighted by Crippen LogP contribution is -2.41. The fourth-order valence-corrected chi connectivity index (χ4v) is 1.89. The molecule has 0 aromatic carbocycles. The zero-order chi connectivity index (χ0) is 10.4. The molecular weight excluding hydrogens is 178 g/mol. The first-order valence-electron chi connectivity index (χ1n) is 5.36. The van der Waals surface area contributed by atoms with E-state index in [0.29, 0.717) is 0 Å². The second kappa shape index (κ2) is 5.98. The van der Waals surface area contributed by atoms with E-state index in [1.807, 2.05) is 7.05 Å². The quantitative estimate of drug-likeness (QED) is 0.651. The van der Waals surface area contributed by atoms with Crippen molar-refractivity contribution in [2.45, 2.75) is 12.8 Å². The van der Waals surface area contributed by atoms with E-state index in [0.717, 1.165) is 39.0 Å². The zero-order valence-corrected chi connectivity index (χ0v) is 9.18. The Morgan fingerprint density at radius 2 is 2.00 bits per heavy atom. The van der Waals surface area contributed by atoms with Crippen molar-refractivity contribution in [3.63, 3.8) is 0 Å². The highest BCUT2D eigenvalue weighted by molar-refractivity contribution is 5.78. The Morgan fingerprint density at radius 3 is 2.50 bits per heavy atom. The standard InChI is InChI=1S/C10H21N3O/c1-11-5-8-13-6-3-9(4-7-13)10(14)12-2/h9,11H,3-8H2,1-2H3,(H,12,14). The van der Waals surface area contributed by atoms with Crippen molar-refractivity contribution in [2.75, 3.05) is 40.3 Å². The van der Waals surface area contributed by atoms with Crippen LogP contribution in [-0.2, 0) is 4.79 Å². The number of nitrogens with zero attached hydrogens (tertiary/aromatic N) is 1. The molecule has 0 radical (unpaired) electrons. The topological polar surface area (TPSA) is 44.4 Å². The van der Waals surface area contributed by atoms with Crippen LogP contribution in [0.5, 0.6) is 0 Å². The highest BCUT2D eigenvalue weighted by Crippen LogP contribution is 2.16. The van der Waals surface area contributed by atoms with Crippen LogP contribution in [-0.4, -0.2) is 51.1 Å². The molecule has 4 heteroatoms. The molecule has 2 N–H and O–H groups in total. The van der Waals surface area contributed by atoms with Crippen molar-refractivity contribution >= 4 is 5.91 Å². The molecule has 0 unspecified atom stereocenters. The number of carbonyl (C=O) groups excluding carboxylic acids is 1. The summed E-state index contributed by atoms with van der Waals surface area (Å²) in [6, 6.07) is 0. The SMILES string of the molecule is CNCCN1CCC(C(=O)NC)CC1. The number of piperidine rings is 1. The molecule has 1 rings (SSSR count). The van der Waals surface area contributed by atoms with Crippen LogP contribution < -0.4 is 10.6 Å². The van der Waals surface area contributed by atoms with Crippen molar-refractivity contribution in [2.24, 2.45) is 5.92 Å². The van der Waals surface area contributed by atoms with E-state index in [4.69, 9.17) is 0 Å². The van der Waals surface area contributed by atoms with Crippen molar-refractivity contribution < 1.29 is 4.79 Å². The van der Waals surface area contributed by atoms with Crippen molar-refractivity contribution in [1.29, 1.82) is 0 Å². The van der Waals surface area contributed by atoms with Crippen molar-refractivity contribution in [1.82, 2.24) is 15.5 Å². The summed E-state index contributed by atoms with van der Waals surface area (Å²) in [7, 11) is 3.69. The van der Waals surface area contributed by atoms with Crippen molar-refractivity contribution in [3.8, 4) is 0 Å². The second-order valence-electron chi connectivity index (χ2n) is 3.83. The Bertz CT molecular complexity index is 176. The first-order valence-corrected chi connectivity index (χ1v) is 5.36. The van der Waals surface area contributed by atoms with E-state index in [1.165, 1.54) is 0 Å². The average molecular weight is 199 g/mol. The summed E-state index contributed by atoms with van der Waals surface area (Å²) in [5.74, 6) is 0.448. The van der Waals surface area contributed by atoms with Gasteiger partial charge in [0.25, 0.3) is 0 Å². The molecule has 1 heterocycles. The predicted molar refractivity (Wildman–Crippen MR) is 57.2 cm³/mol. The largest absolute Gasteiger partial charge is 0.359 e. The smallest absolute Gasteiger partial charge is 0.222 e. The van der Waals surface area contributed by atoms with Crippen LogP contribution >= 0.6 is 0 Å². The van der Waals surface area contributed by atoms with E-state index < -0.39 is 0 Å². The fraction of sp³-hybridized carbons (Fsp3) is 0.900. The first kappa shape index (κ1) is 11.5. The van der Waals surface area contributed by atoms with Gasteiger partial charge in [-0.25, -0.2) is 0 Å². The molecule has 0 spiro atoms. The number of hydrogen-bond acceptors (Lipinski definition) is 3. The van der Waals surface area contributed by atoms with Crippen LogP contribution in [0.4, 0.5) is 0 Å². The van der Waals surface area contributed by atoms with Gasteiger partial charge in [0.05, 0.1) is 0 Å². The highest BCUT2D eigenvalue weighted by atomic mass is 16.1. The molecule has 1 amide bonds. The minimum Gasteiger partial charge on any atom is -0.359 e. The lowest BCUT2D eigenvalue weighted by atomic mass is 9.96. The van der Waals surface area contributed by atoms with Crippen LogP contribution in [0.25, 0.3) is 0 Å². The van der Waals surface area contributed by atoms with Crippen LogP contribution in [0.1, 0.15) is 12.8 Å². The normalized spacial score (nSPS) is 19.6. The molecular formula is C10H21N3O. The third kappa shape index (κ3) is 3.27. The molecule has 14 heavy (non-hydrogen) atoms. The van der Waals surface area contributed by atoms with Gasteiger partial charge >= 0.3 is 0 Å². The molecule has 0 atom stereocenters. The second-order valence-corrected chi connectivity index (χ2v) is 3.83.